The van der Waals surface area contributed by atoms with Crippen molar-refractivity contribution in [3.8, 4) is 16.9 Å². The molecular weight excluding hydrogens is 357 g/mol. The molecular formula is C22H20FN3O2. The highest BCUT2D eigenvalue weighted by Gasteiger charge is 2.24. The number of aromatic amines is 1. The van der Waals surface area contributed by atoms with Crippen LogP contribution in [0.1, 0.15) is 41.5 Å². The van der Waals surface area contributed by atoms with Crippen LogP contribution in [-0.2, 0) is 0 Å². The van der Waals surface area contributed by atoms with Crippen LogP contribution in [0.5, 0.6) is 0 Å². The van der Waals surface area contributed by atoms with Gasteiger partial charge in [0.15, 0.2) is 0 Å². The van der Waals surface area contributed by atoms with Crippen molar-refractivity contribution in [2.24, 2.45) is 0 Å². The molecule has 2 N–H and O–H groups in total. The summed E-state index contributed by atoms with van der Waals surface area (Å²) in [6, 6.07) is 14.5. The summed E-state index contributed by atoms with van der Waals surface area (Å²) in [6.45, 7) is 5.90. The fourth-order valence-electron chi connectivity index (χ4n) is 3.68. The molecule has 0 bridgehead atoms. The van der Waals surface area contributed by atoms with Crippen LogP contribution in [0.15, 0.2) is 48.5 Å². The van der Waals surface area contributed by atoms with Crippen LogP contribution in [0.25, 0.3) is 27.8 Å². The van der Waals surface area contributed by atoms with Gasteiger partial charge in [0.1, 0.15) is 11.5 Å². The highest BCUT2D eigenvalue weighted by atomic mass is 19.1. The van der Waals surface area contributed by atoms with Crippen molar-refractivity contribution in [2.45, 2.75) is 26.7 Å². The molecule has 2 aromatic heterocycles. The van der Waals surface area contributed by atoms with Crippen LogP contribution in [0.3, 0.4) is 0 Å². The fraction of sp³-hybridized carbons (Fsp3) is 0.182. The number of hydrogen-bond acceptors (Lipinski definition) is 2. The standard InChI is InChI=1S/C22H20FN3O2/c1-12(2)21-20(17-11-18(22(27)28)25-24-17)15-6-4-5-7-19(15)26(21)14-8-9-16(23)13(3)10-14/h4-12H,1-3H3,(H,24,25)(H,27,28). The molecule has 0 spiro atoms. The maximum absolute atomic E-state index is 13.9. The molecule has 0 radical (unpaired) electrons. The van der Waals surface area contributed by atoms with Gasteiger partial charge in [0, 0.05) is 22.3 Å². The van der Waals surface area contributed by atoms with Crippen molar-refractivity contribution in [2.75, 3.05) is 0 Å². The predicted molar refractivity (Wildman–Crippen MR) is 107 cm³/mol. The van der Waals surface area contributed by atoms with Crippen molar-refractivity contribution >= 4 is 16.9 Å². The zero-order valence-electron chi connectivity index (χ0n) is 15.8. The van der Waals surface area contributed by atoms with Gasteiger partial charge in [-0.25, -0.2) is 9.18 Å². The van der Waals surface area contributed by atoms with Gasteiger partial charge < -0.3 is 9.67 Å². The smallest absolute Gasteiger partial charge is 0.353 e. The molecule has 0 saturated carbocycles. The van der Waals surface area contributed by atoms with E-state index in [2.05, 4.69) is 28.6 Å². The number of para-hydroxylation sites is 1. The summed E-state index contributed by atoms with van der Waals surface area (Å²) >= 11 is 0. The minimum Gasteiger partial charge on any atom is -0.477 e. The zero-order chi connectivity index (χ0) is 20.0. The molecule has 4 rings (SSSR count). The average Bonchev–Trinajstić information content (AvgIpc) is 3.26. The average molecular weight is 377 g/mol. The predicted octanol–water partition coefficient (Wildman–Crippen LogP) is 5.29. The van der Waals surface area contributed by atoms with Gasteiger partial charge in [-0.1, -0.05) is 32.0 Å². The van der Waals surface area contributed by atoms with Crippen LogP contribution < -0.4 is 0 Å². The summed E-state index contributed by atoms with van der Waals surface area (Å²) in [5.41, 5.74) is 4.90. The van der Waals surface area contributed by atoms with Gasteiger partial charge in [0.05, 0.1) is 11.2 Å². The first kappa shape index (κ1) is 18.0. The maximum atomic E-state index is 13.9. The van der Waals surface area contributed by atoms with Gasteiger partial charge in [-0.2, -0.15) is 5.10 Å². The Kier molecular flexibility index (Phi) is 4.26. The lowest BCUT2D eigenvalue weighted by molar-refractivity contribution is 0.0690. The fourth-order valence-corrected chi connectivity index (χ4v) is 3.68. The summed E-state index contributed by atoms with van der Waals surface area (Å²) in [7, 11) is 0. The van der Waals surface area contributed by atoms with Crippen LogP contribution in [0.4, 0.5) is 4.39 Å². The Morgan fingerprint density at radius 3 is 2.57 bits per heavy atom. The number of nitrogens with zero attached hydrogens (tertiary/aromatic N) is 2. The largest absolute Gasteiger partial charge is 0.477 e. The zero-order valence-corrected chi connectivity index (χ0v) is 15.8. The third kappa shape index (κ3) is 2.78. The Hall–Kier alpha value is -3.41. The molecule has 6 heteroatoms. The van der Waals surface area contributed by atoms with Gasteiger partial charge >= 0.3 is 5.97 Å². The second-order valence-corrected chi connectivity index (χ2v) is 7.17. The lowest BCUT2D eigenvalue weighted by Gasteiger charge is -2.15. The molecule has 0 unspecified atom stereocenters. The van der Waals surface area contributed by atoms with E-state index in [0.717, 1.165) is 27.8 Å². The highest BCUT2D eigenvalue weighted by molar-refractivity contribution is 5.99. The van der Waals surface area contributed by atoms with Gasteiger partial charge in [-0.05, 0) is 48.7 Å². The first-order chi connectivity index (χ1) is 13.4. The summed E-state index contributed by atoms with van der Waals surface area (Å²) in [5, 5.41) is 17.1. The summed E-state index contributed by atoms with van der Waals surface area (Å²) in [6.07, 6.45) is 0. The molecule has 28 heavy (non-hydrogen) atoms. The number of aromatic carboxylic acids is 1. The molecule has 0 saturated heterocycles. The van der Waals surface area contributed by atoms with Crippen LogP contribution >= 0.6 is 0 Å². The van der Waals surface area contributed by atoms with Crippen molar-refractivity contribution in [3.63, 3.8) is 0 Å². The molecule has 142 valence electrons. The van der Waals surface area contributed by atoms with E-state index in [-0.39, 0.29) is 17.4 Å². The van der Waals surface area contributed by atoms with Crippen molar-refractivity contribution in [1.82, 2.24) is 14.8 Å². The Morgan fingerprint density at radius 1 is 1.18 bits per heavy atom. The van der Waals surface area contributed by atoms with E-state index in [0.29, 0.717) is 11.3 Å². The highest BCUT2D eigenvalue weighted by Crippen LogP contribution is 2.40. The first-order valence-electron chi connectivity index (χ1n) is 9.07. The van der Waals surface area contributed by atoms with Gasteiger partial charge in [0.2, 0.25) is 0 Å². The molecule has 0 atom stereocenters. The monoisotopic (exact) mass is 377 g/mol. The number of hydrogen-bond donors (Lipinski definition) is 2. The van der Waals surface area contributed by atoms with Gasteiger partial charge in [0.25, 0.3) is 0 Å². The number of carboxylic acids is 1. The molecule has 0 fully saturated rings. The Bertz CT molecular complexity index is 1200. The number of aromatic nitrogens is 3. The Balaban J connectivity index is 2.09. The van der Waals surface area contributed by atoms with E-state index >= 15 is 0 Å². The van der Waals surface area contributed by atoms with Crippen LogP contribution in [0.2, 0.25) is 0 Å². The number of fused-ring (bicyclic) bond motifs is 1. The van der Waals surface area contributed by atoms with Gasteiger partial charge in [-0.3, -0.25) is 5.10 Å². The van der Waals surface area contributed by atoms with Crippen molar-refractivity contribution < 1.29 is 14.3 Å². The number of halogens is 1. The van der Waals surface area contributed by atoms with E-state index in [1.807, 2.05) is 30.3 Å². The second kappa shape index (κ2) is 6.64. The Labute approximate surface area is 161 Å². The SMILES string of the molecule is Cc1cc(-n2c(C(C)C)c(-c3cc(C(=O)O)[nH]n3)c3ccccc32)ccc1F. The third-order valence-electron chi connectivity index (χ3n) is 4.92. The number of rotatable bonds is 4. The minimum absolute atomic E-state index is 0.0409. The molecule has 4 aromatic rings. The number of nitrogens with one attached hydrogen (secondary N) is 1. The van der Waals surface area contributed by atoms with E-state index in [1.165, 1.54) is 6.07 Å². The minimum atomic E-state index is -1.05. The van der Waals surface area contributed by atoms with Crippen molar-refractivity contribution in [3.05, 3.63) is 71.3 Å². The van der Waals surface area contributed by atoms with Crippen LogP contribution in [0, 0.1) is 12.7 Å². The number of benzene rings is 2. The summed E-state index contributed by atoms with van der Waals surface area (Å²) in [4.78, 5) is 11.3. The third-order valence-corrected chi connectivity index (χ3v) is 4.92. The molecule has 0 aliphatic carbocycles. The van der Waals surface area contributed by atoms with E-state index in [4.69, 9.17) is 0 Å². The van der Waals surface area contributed by atoms with Gasteiger partial charge in [-0.15, -0.1) is 0 Å². The molecule has 2 aromatic carbocycles. The number of aryl methyl sites for hydroxylation is 1. The van der Waals surface area contributed by atoms with E-state index < -0.39 is 5.97 Å². The lowest BCUT2D eigenvalue weighted by Crippen LogP contribution is -2.04. The van der Waals surface area contributed by atoms with E-state index in [1.54, 1.807) is 19.1 Å². The quantitative estimate of drug-likeness (QED) is 0.508. The normalized spacial score (nSPS) is 11.5. The van der Waals surface area contributed by atoms with Crippen molar-refractivity contribution in [1.29, 1.82) is 0 Å². The molecule has 0 aliphatic rings. The second-order valence-electron chi connectivity index (χ2n) is 7.17. The summed E-state index contributed by atoms with van der Waals surface area (Å²) < 4.78 is 16.0. The Morgan fingerprint density at radius 2 is 1.93 bits per heavy atom. The number of carbonyl (C=O) groups is 1. The first-order valence-corrected chi connectivity index (χ1v) is 9.07. The molecule has 5 nitrogen and oxygen atoms in total. The number of carboxylic acid groups (broad SMARTS) is 1. The number of H-pyrrole nitrogens is 1. The molecule has 0 aliphatic heterocycles. The van der Waals surface area contributed by atoms with Crippen LogP contribution in [-0.4, -0.2) is 25.8 Å². The molecule has 2 heterocycles. The lowest BCUT2D eigenvalue weighted by atomic mass is 10.0. The topological polar surface area (TPSA) is 70.9 Å². The summed E-state index contributed by atoms with van der Waals surface area (Å²) in [5.74, 6) is -1.18. The van der Waals surface area contributed by atoms with E-state index in [9.17, 15) is 14.3 Å². The molecule has 0 amide bonds. The maximum Gasteiger partial charge on any atom is 0.353 e.